The Labute approximate surface area is 95.0 Å². The first kappa shape index (κ1) is 10.9. The third-order valence-electron chi connectivity index (χ3n) is 1.97. The standard InChI is InChI=1S/C10H9F2N3S/c11-10(12)16-7-3-1-2-6(4-7)8-5-9(13)15-14-8/h1-5,10H,(H3,13,14,15). The number of alkyl halides is 2. The molecule has 0 saturated heterocycles. The Balaban J connectivity index is 2.28. The molecule has 84 valence electrons. The van der Waals surface area contributed by atoms with E-state index >= 15 is 0 Å². The number of nitrogens with zero attached hydrogens (tertiary/aromatic N) is 1. The van der Waals surface area contributed by atoms with E-state index in [9.17, 15) is 8.78 Å². The van der Waals surface area contributed by atoms with Crippen molar-refractivity contribution in [2.75, 3.05) is 5.73 Å². The second-order valence-electron chi connectivity index (χ2n) is 3.11. The van der Waals surface area contributed by atoms with Gasteiger partial charge in [-0.3, -0.25) is 5.10 Å². The lowest BCUT2D eigenvalue weighted by atomic mass is 10.1. The van der Waals surface area contributed by atoms with Gasteiger partial charge in [0, 0.05) is 16.5 Å². The SMILES string of the molecule is Nc1cc(-c2cccc(SC(F)F)c2)[nH]n1. The lowest BCUT2D eigenvalue weighted by Gasteiger charge is -2.02. The van der Waals surface area contributed by atoms with Crippen molar-refractivity contribution in [3.8, 4) is 11.3 Å². The van der Waals surface area contributed by atoms with Crippen molar-refractivity contribution in [1.82, 2.24) is 10.2 Å². The summed E-state index contributed by atoms with van der Waals surface area (Å²) in [4.78, 5) is 0.515. The highest BCUT2D eigenvalue weighted by Crippen LogP contribution is 2.28. The molecule has 1 aromatic heterocycles. The summed E-state index contributed by atoms with van der Waals surface area (Å²) in [6.07, 6.45) is 0. The maximum Gasteiger partial charge on any atom is 0.288 e. The van der Waals surface area contributed by atoms with Crippen LogP contribution in [0.1, 0.15) is 0 Å². The molecule has 0 aliphatic rings. The van der Waals surface area contributed by atoms with Crippen LogP contribution in [0.3, 0.4) is 0 Å². The minimum atomic E-state index is -2.41. The molecule has 0 aliphatic carbocycles. The van der Waals surface area contributed by atoms with Gasteiger partial charge in [0.05, 0.1) is 5.69 Å². The van der Waals surface area contributed by atoms with Crippen LogP contribution >= 0.6 is 11.8 Å². The number of H-pyrrole nitrogens is 1. The molecule has 0 saturated carbocycles. The van der Waals surface area contributed by atoms with Gasteiger partial charge in [-0.2, -0.15) is 13.9 Å². The first-order valence-corrected chi connectivity index (χ1v) is 5.39. The van der Waals surface area contributed by atoms with E-state index in [0.29, 0.717) is 28.2 Å². The third kappa shape index (κ3) is 2.52. The molecule has 0 aliphatic heterocycles. The minimum absolute atomic E-state index is 0.377. The van der Waals surface area contributed by atoms with Crippen LogP contribution in [0.25, 0.3) is 11.3 Å². The third-order valence-corrected chi connectivity index (χ3v) is 2.67. The van der Waals surface area contributed by atoms with E-state index in [1.807, 2.05) is 6.07 Å². The average Bonchev–Trinajstić information content (AvgIpc) is 2.64. The number of aromatic nitrogens is 2. The quantitative estimate of drug-likeness (QED) is 0.812. The first-order chi connectivity index (χ1) is 7.65. The fourth-order valence-electron chi connectivity index (χ4n) is 1.32. The van der Waals surface area contributed by atoms with Gasteiger partial charge in [-0.1, -0.05) is 23.9 Å². The summed E-state index contributed by atoms with van der Waals surface area (Å²) >= 11 is 0.515. The van der Waals surface area contributed by atoms with E-state index in [-0.39, 0.29) is 0 Å². The van der Waals surface area contributed by atoms with Crippen molar-refractivity contribution in [3.63, 3.8) is 0 Å². The Morgan fingerprint density at radius 3 is 2.75 bits per heavy atom. The second kappa shape index (κ2) is 4.52. The van der Waals surface area contributed by atoms with Crippen LogP contribution in [0, 0.1) is 0 Å². The number of nitrogens with one attached hydrogen (secondary N) is 1. The van der Waals surface area contributed by atoms with Gasteiger partial charge in [-0.15, -0.1) is 0 Å². The molecule has 0 amide bonds. The number of nitrogens with two attached hydrogens (primary N) is 1. The summed E-state index contributed by atoms with van der Waals surface area (Å²) in [7, 11) is 0. The number of nitrogen functional groups attached to an aromatic ring is 1. The van der Waals surface area contributed by atoms with Crippen LogP contribution in [0.15, 0.2) is 35.2 Å². The van der Waals surface area contributed by atoms with E-state index in [1.54, 1.807) is 24.3 Å². The molecule has 0 atom stereocenters. The summed E-state index contributed by atoms with van der Waals surface area (Å²) < 4.78 is 24.4. The van der Waals surface area contributed by atoms with Gasteiger partial charge in [0.1, 0.15) is 5.82 Å². The van der Waals surface area contributed by atoms with E-state index < -0.39 is 5.76 Å². The van der Waals surface area contributed by atoms with Gasteiger partial charge < -0.3 is 5.73 Å². The molecule has 2 aromatic rings. The summed E-state index contributed by atoms with van der Waals surface area (Å²) in [6.45, 7) is 0. The van der Waals surface area contributed by atoms with Gasteiger partial charge in [-0.05, 0) is 12.1 Å². The number of thioether (sulfide) groups is 1. The Kier molecular flexibility index (Phi) is 3.09. The van der Waals surface area contributed by atoms with E-state index in [1.165, 1.54) is 0 Å². The van der Waals surface area contributed by atoms with E-state index in [0.717, 1.165) is 5.56 Å². The zero-order valence-electron chi connectivity index (χ0n) is 8.15. The largest absolute Gasteiger partial charge is 0.382 e. The van der Waals surface area contributed by atoms with Crippen molar-refractivity contribution >= 4 is 17.6 Å². The van der Waals surface area contributed by atoms with Gasteiger partial charge in [0.2, 0.25) is 0 Å². The minimum Gasteiger partial charge on any atom is -0.382 e. The summed E-state index contributed by atoms with van der Waals surface area (Å²) in [5.41, 5.74) is 6.97. The van der Waals surface area contributed by atoms with Crippen LogP contribution in [0.4, 0.5) is 14.6 Å². The summed E-state index contributed by atoms with van der Waals surface area (Å²) in [5, 5.41) is 6.51. The summed E-state index contributed by atoms with van der Waals surface area (Å²) in [5.74, 6) is -2.04. The molecule has 0 bridgehead atoms. The Morgan fingerprint density at radius 1 is 1.31 bits per heavy atom. The molecule has 16 heavy (non-hydrogen) atoms. The first-order valence-electron chi connectivity index (χ1n) is 4.51. The highest BCUT2D eigenvalue weighted by atomic mass is 32.2. The molecule has 0 unspecified atom stereocenters. The Morgan fingerprint density at radius 2 is 2.12 bits per heavy atom. The van der Waals surface area contributed by atoms with Gasteiger partial charge in [0.25, 0.3) is 5.76 Å². The highest BCUT2D eigenvalue weighted by Gasteiger charge is 2.07. The number of benzene rings is 1. The van der Waals surface area contributed by atoms with E-state index in [2.05, 4.69) is 10.2 Å². The number of rotatable bonds is 3. The van der Waals surface area contributed by atoms with Crippen LogP contribution in [0.5, 0.6) is 0 Å². The topological polar surface area (TPSA) is 54.7 Å². The predicted molar refractivity (Wildman–Crippen MR) is 60.3 cm³/mol. The fraction of sp³-hybridized carbons (Fsp3) is 0.100. The van der Waals surface area contributed by atoms with Crippen molar-refractivity contribution < 1.29 is 8.78 Å². The van der Waals surface area contributed by atoms with Crippen LogP contribution in [-0.2, 0) is 0 Å². The van der Waals surface area contributed by atoms with Crippen molar-refractivity contribution in [2.24, 2.45) is 0 Å². The molecular formula is C10H9F2N3S. The lowest BCUT2D eigenvalue weighted by molar-refractivity contribution is 0.252. The Bertz CT molecular complexity index is 484. The lowest BCUT2D eigenvalue weighted by Crippen LogP contribution is -1.83. The molecule has 0 spiro atoms. The summed E-state index contributed by atoms with van der Waals surface area (Å²) in [6, 6.07) is 8.50. The average molecular weight is 241 g/mol. The molecule has 6 heteroatoms. The molecule has 1 aromatic carbocycles. The number of aromatic amines is 1. The molecule has 3 nitrogen and oxygen atoms in total. The van der Waals surface area contributed by atoms with Gasteiger partial charge in [0.15, 0.2) is 0 Å². The van der Waals surface area contributed by atoms with Crippen LogP contribution in [0.2, 0.25) is 0 Å². The number of hydrogen-bond acceptors (Lipinski definition) is 3. The molecule has 3 N–H and O–H groups in total. The maximum atomic E-state index is 12.2. The monoisotopic (exact) mass is 241 g/mol. The molecule has 0 fully saturated rings. The highest BCUT2D eigenvalue weighted by molar-refractivity contribution is 7.99. The molecular weight excluding hydrogens is 232 g/mol. The van der Waals surface area contributed by atoms with E-state index in [4.69, 9.17) is 5.73 Å². The number of hydrogen-bond donors (Lipinski definition) is 2. The van der Waals surface area contributed by atoms with Crippen molar-refractivity contribution in [2.45, 2.75) is 10.7 Å². The molecule has 1 heterocycles. The smallest absolute Gasteiger partial charge is 0.288 e. The van der Waals surface area contributed by atoms with Crippen LogP contribution < -0.4 is 5.73 Å². The van der Waals surface area contributed by atoms with Crippen LogP contribution in [-0.4, -0.2) is 16.0 Å². The zero-order valence-corrected chi connectivity index (χ0v) is 8.97. The second-order valence-corrected chi connectivity index (χ2v) is 4.18. The maximum absolute atomic E-state index is 12.2. The van der Waals surface area contributed by atoms with Crippen molar-refractivity contribution in [3.05, 3.63) is 30.3 Å². The number of halogens is 2. The number of anilines is 1. The zero-order chi connectivity index (χ0) is 11.5. The Hall–Kier alpha value is -1.56. The van der Waals surface area contributed by atoms with Gasteiger partial charge >= 0.3 is 0 Å². The molecule has 0 radical (unpaired) electrons. The fourth-order valence-corrected chi connectivity index (χ4v) is 1.88. The van der Waals surface area contributed by atoms with Gasteiger partial charge in [-0.25, -0.2) is 0 Å². The predicted octanol–water partition coefficient (Wildman–Crippen LogP) is 2.97. The van der Waals surface area contributed by atoms with Crippen molar-refractivity contribution in [1.29, 1.82) is 0 Å². The molecule has 2 rings (SSSR count). The normalized spacial score (nSPS) is 10.9.